The topological polar surface area (TPSA) is 42.0 Å². The Morgan fingerprint density at radius 1 is 1.60 bits per heavy atom. The van der Waals surface area contributed by atoms with Gasteiger partial charge in [-0.3, -0.25) is 4.79 Å². The number of carbonyl (C=O) groups excluding carboxylic acids is 1. The summed E-state index contributed by atoms with van der Waals surface area (Å²) >= 11 is 1.52. The van der Waals surface area contributed by atoms with Crippen molar-refractivity contribution in [2.75, 3.05) is 0 Å². The van der Waals surface area contributed by atoms with Gasteiger partial charge in [0.25, 0.3) is 5.91 Å². The van der Waals surface area contributed by atoms with E-state index in [4.69, 9.17) is 0 Å². The third-order valence-corrected chi connectivity index (χ3v) is 3.66. The standard InChI is InChI=1S/C11H16N2OS/c1-7-3-4-9(5-7)13-11(14)10-6-15-8(2)12-10/h6-7,9H,3-5H2,1-2H3,(H,13,14). The molecule has 1 aromatic rings. The summed E-state index contributed by atoms with van der Waals surface area (Å²) < 4.78 is 0. The predicted octanol–water partition coefficient (Wildman–Crippen LogP) is 2.37. The largest absolute Gasteiger partial charge is 0.348 e. The van der Waals surface area contributed by atoms with Crippen LogP contribution in [0.25, 0.3) is 0 Å². The van der Waals surface area contributed by atoms with Crippen LogP contribution in [0.4, 0.5) is 0 Å². The molecule has 4 heteroatoms. The molecule has 2 unspecified atom stereocenters. The van der Waals surface area contributed by atoms with Crippen LogP contribution < -0.4 is 5.32 Å². The van der Waals surface area contributed by atoms with E-state index in [1.165, 1.54) is 17.8 Å². The van der Waals surface area contributed by atoms with Crippen molar-refractivity contribution in [3.63, 3.8) is 0 Å². The molecule has 0 saturated heterocycles. The van der Waals surface area contributed by atoms with Gasteiger partial charge in [0.05, 0.1) is 5.01 Å². The van der Waals surface area contributed by atoms with Gasteiger partial charge >= 0.3 is 0 Å². The zero-order valence-corrected chi connectivity index (χ0v) is 9.93. The van der Waals surface area contributed by atoms with Crippen molar-refractivity contribution in [1.82, 2.24) is 10.3 Å². The van der Waals surface area contributed by atoms with Gasteiger partial charge in [-0.05, 0) is 32.1 Å². The van der Waals surface area contributed by atoms with Crippen LogP contribution >= 0.6 is 11.3 Å². The number of nitrogens with zero attached hydrogens (tertiary/aromatic N) is 1. The van der Waals surface area contributed by atoms with E-state index in [0.717, 1.165) is 23.8 Å². The minimum atomic E-state index is -0.0153. The van der Waals surface area contributed by atoms with E-state index >= 15 is 0 Å². The molecule has 15 heavy (non-hydrogen) atoms. The van der Waals surface area contributed by atoms with Gasteiger partial charge in [0.1, 0.15) is 5.69 Å². The van der Waals surface area contributed by atoms with Crippen LogP contribution in [0.1, 0.15) is 41.7 Å². The molecule has 1 fully saturated rings. The van der Waals surface area contributed by atoms with Gasteiger partial charge in [0.2, 0.25) is 0 Å². The SMILES string of the molecule is Cc1nc(C(=O)NC2CCC(C)C2)cs1. The van der Waals surface area contributed by atoms with Gasteiger partial charge < -0.3 is 5.32 Å². The second-order valence-corrected chi connectivity index (χ2v) is 5.40. The van der Waals surface area contributed by atoms with Gasteiger partial charge in [-0.25, -0.2) is 4.98 Å². The summed E-state index contributed by atoms with van der Waals surface area (Å²) in [6.45, 7) is 4.15. The molecular formula is C11H16N2OS. The lowest BCUT2D eigenvalue weighted by molar-refractivity contribution is 0.0933. The summed E-state index contributed by atoms with van der Waals surface area (Å²) in [5.41, 5.74) is 0.567. The number of hydrogen-bond acceptors (Lipinski definition) is 3. The van der Waals surface area contributed by atoms with Crippen molar-refractivity contribution in [1.29, 1.82) is 0 Å². The molecule has 1 aliphatic rings. The summed E-state index contributed by atoms with van der Waals surface area (Å²) in [6.07, 6.45) is 3.44. The Hall–Kier alpha value is -0.900. The molecule has 0 bridgehead atoms. The Labute approximate surface area is 93.9 Å². The zero-order chi connectivity index (χ0) is 10.8. The molecule has 1 aliphatic carbocycles. The minimum absolute atomic E-state index is 0.0153. The molecule has 2 rings (SSSR count). The van der Waals surface area contributed by atoms with E-state index in [0.29, 0.717) is 11.7 Å². The Morgan fingerprint density at radius 2 is 2.40 bits per heavy atom. The highest BCUT2D eigenvalue weighted by atomic mass is 32.1. The average molecular weight is 224 g/mol. The van der Waals surface area contributed by atoms with Crippen molar-refractivity contribution < 1.29 is 4.79 Å². The highest BCUT2D eigenvalue weighted by Crippen LogP contribution is 2.24. The lowest BCUT2D eigenvalue weighted by Crippen LogP contribution is -2.33. The smallest absolute Gasteiger partial charge is 0.270 e. The van der Waals surface area contributed by atoms with E-state index in [9.17, 15) is 4.79 Å². The van der Waals surface area contributed by atoms with Gasteiger partial charge in [-0.1, -0.05) is 6.92 Å². The second-order valence-electron chi connectivity index (χ2n) is 4.34. The fourth-order valence-corrected chi connectivity index (χ4v) is 2.66. The molecule has 0 radical (unpaired) electrons. The van der Waals surface area contributed by atoms with Crippen molar-refractivity contribution in [2.24, 2.45) is 5.92 Å². The first-order chi connectivity index (χ1) is 7.15. The summed E-state index contributed by atoms with van der Waals surface area (Å²) in [7, 11) is 0. The Kier molecular flexibility index (Phi) is 3.05. The summed E-state index contributed by atoms with van der Waals surface area (Å²) in [4.78, 5) is 15.9. The molecule has 0 spiro atoms. The highest BCUT2D eigenvalue weighted by Gasteiger charge is 2.23. The number of rotatable bonds is 2. The molecular weight excluding hydrogens is 208 g/mol. The highest BCUT2D eigenvalue weighted by molar-refractivity contribution is 7.09. The zero-order valence-electron chi connectivity index (χ0n) is 9.12. The maximum Gasteiger partial charge on any atom is 0.270 e. The van der Waals surface area contributed by atoms with Crippen LogP contribution in [-0.4, -0.2) is 16.9 Å². The molecule has 0 aromatic carbocycles. The minimum Gasteiger partial charge on any atom is -0.348 e. The molecule has 1 heterocycles. The maximum absolute atomic E-state index is 11.8. The first kappa shape index (κ1) is 10.6. The van der Waals surface area contributed by atoms with Gasteiger partial charge in [0.15, 0.2) is 0 Å². The number of nitrogens with one attached hydrogen (secondary N) is 1. The van der Waals surface area contributed by atoms with Crippen molar-refractivity contribution in [3.8, 4) is 0 Å². The van der Waals surface area contributed by atoms with E-state index in [1.54, 1.807) is 0 Å². The van der Waals surface area contributed by atoms with Gasteiger partial charge in [-0.15, -0.1) is 11.3 Å². The molecule has 1 amide bonds. The first-order valence-corrected chi connectivity index (χ1v) is 6.26. The fraction of sp³-hybridized carbons (Fsp3) is 0.636. The third-order valence-electron chi connectivity index (χ3n) is 2.88. The third kappa shape index (κ3) is 2.56. The predicted molar refractivity (Wildman–Crippen MR) is 61.1 cm³/mol. The van der Waals surface area contributed by atoms with Crippen LogP contribution in [0.5, 0.6) is 0 Å². The van der Waals surface area contributed by atoms with Crippen LogP contribution in [-0.2, 0) is 0 Å². The number of aryl methyl sites for hydroxylation is 1. The summed E-state index contributed by atoms with van der Waals surface area (Å²) in [5, 5.41) is 5.81. The van der Waals surface area contributed by atoms with Crippen LogP contribution in [0.2, 0.25) is 0 Å². The number of hydrogen-bond donors (Lipinski definition) is 1. The van der Waals surface area contributed by atoms with Crippen LogP contribution in [0.15, 0.2) is 5.38 Å². The lowest BCUT2D eigenvalue weighted by Gasteiger charge is -2.10. The van der Waals surface area contributed by atoms with Crippen molar-refractivity contribution in [2.45, 2.75) is 39.2 Å². The van der Waals surface area contributed by atoms with E-state index in [1.807, 2.05) is 12.3 Å². The molecule has 0 aliphatic heterocycles. The lowest BCUT2D eigenvalue weighted by atomic mass is 10.1. The molecule has 1 saturated carbocycles. The Balaban J connectivity index is 1.92. The second kappa shape index (κ2) is 4.31. The van der Waals surface area contributed by atoms with E-state index in [-0.39, 0.29) is 5.91 Å². The number of amides is 1. The maximum atomic E-state index is 11.8. The number of aromatic nitrogens is 1. The summed E-state index contributed by atoms with van der Waals surface area (Å²) in [5.74, 6) is 0.728. The molecule has 2 atom stereocenters. The normalized spacial score (nSPS) is 25.5. The average Bonchev–Trinajstić information content (AvgIpc) is 2.75. The Morgan fingerprint density at radius 3 is 2.93 bits per heavy atom. The van der Waals surface area contributed by atoms with E-state index in [2.05, 4.69) is 17.2 Å². The van der Waals surface area contributed by atoms with Gasteiger partial charge in [0, 0.05) is 11.4 Å². The number of carbonyl (C=O) groups is 1. The van der Waals surface area contributed by atoms with Crippen LogP contribution in [0, 0.1) is 12.8 Å². The number of thiazole rings is 1. The van der Waals surface area contributed by atoms with Crippen LogP contribution in [0.3, 0.4) is 0 Å². The molecule has 82 valence electrons. The molecule has 3 nitrogen and oxygen atoms in total. The first-order valence-electron chi connectivity index (χ1n) is 5.38. The monoisotopic (exact) mass is 224 g/mol. The molecule has 1 aromatic heterocycles. The van der Waals surface area contributed by atoms with Crippen molar-refractivity contribution >= 4 is 17.2 Å². The van der Waals surface area contributed by atoms with E-state index < -0.39 is 0 Å². The molecule has 1 N–H and O–H groups in total. The van der Waals surface area contributed by atoms with Crippen molar-refractivity contribution in [3.05, 3.63) is 16.1 Å². The van der Waals surface area contributed by atoms with Gasteiger partial charge in [-0.2, -0.15) is 0 Å². The summed E-state index contributed by atoms with van der Waals surface area (Å²) in [6, 6.07) is 0.356. The Bertz CT molecular complexity index is 361. The fourth-order valence-electron chi connectivity index (χ4n) is 2.07. The quantitative estimate of drug-likeness (QED) is 0.838.